The molecule has 1 aromatic carbocycles. The lowest BCUT2D eigenvalue weighted by molar-refractivity contribution is -0.906. The topological polar surface area (TPSA) is 57.0 Å². The fourth-order valence-corrected chi connectivity index (χ4v) is 6.96. The molecular weight excluding hydrogens is 426 g/mol. The molecule has 4 atom stereocenters. The fourth-order valence-electron chi connectivity index (χ4n) is 6.96. The highest BCUT2D eigenvalue weighted by molar-refractivity contribution is 5.78. The van der Waals surface area contributed by atoms with Crippen molar-refractivity contribution in [3.8, 4) is 5.75 Å². The maximum Gasteiger partial charge on any atom is 0.316 e. The number of ether oxygens (including phenoxy) is 2. The molecule has 188 valence electrons. The number of hydrogen-bond donors (Lipinski definition) is 1. The predicted octanol–water partition coefficient (Wildman–Crippen LogP) is 4.46. The van der Waals surface area contributed by atoms with Crippen LogP contribution in [0.15, 0.2) is 18.2 Å². The molecule has 0 heterocycles. The molecule has 4 rings (SSSR count). The molecule has 0 saturated heterocycles. The number of hydrogen-bond acceptors (Lipinski definition) is 4. The third kappa shape index (κ3) is 4.53. The number of carbonyl (C=O) groups excluding carboxylic acids is 2. The zero-order chi connectivity index (χ0) is 24.9. The second-order valence-electron chi connectivity index (χ2n) is 13.4. The first kappa shape index (κ1) is 25.2. The van der Waals surface area contributed by atoms with Crippen molar-refractivity contribution in [1.82, 2.24) is 0 Å². The number of fused-ring (bicyclic) bond motifs is 3. The van der Waals surface area contributed by atoms with Gasteiger partial charge in [0.1, 0.15) is 5.75 Å². The highest BCUT2D eigenvalue weighted by atomic mass is 16.5. The molecule has 2 bridgehead atoms. The minimum Gasteiger partial charge on any atom is -0.426 e. The van der Waals surface area contributed by atoms with E-state index in [2.05, 4.69) is 19.2 Å². The van der Waals surface area contributed by atoms with E-state index in [0.717, 1.165) is 13.0 Å². The van der Waals surface area contributed by atoms with E-state index >= 15 is 0 Å². The average molecular weight is 471 g/mol. The van der Waals surface area contributed by atoms with Gasteiger partial charge in [-0.15, -0.1) is 0 Å². The van der Waals surface area contributed by atoms with Crippen LogP contribution in [-0.2, 0) is 26.2 Å². The number of benzene rings is 1. The molecule has 1 N–H and O–H groups in total. The zero-order valence-corrected chi connectivity index (χ0v) is 22.3. The Morgan fingerprint density at radius 1 is 1.03 bits per heavy atom. The Hall–Kier alpha value is -1.88. The van der Waals surface area contributed by atoms with Gasteiger partial charge in [0.05, 0.1) is 24.4 Å². The van der Waals surface area contributed by atoms with Gasteiger partial charge in [0.2, 0.25) is 6.73 Å². The smallest absolute Gasteiger partial charge is 0.316 e. The normalized spacial score (nSPS) is 29.1. The van der Waals surface area contributed by atoms with Crippen LogP contribution in [0.1, 0.15) is 91.2 Å². The molecule has 0 aromatic heterocycles. The molecule has 0 aliphatic heterocycles. The Balaban J connectivity index is 1.53. The van der Waals surface area contributed by atoms with Gasteiger partial charge in [-0.05, 0) is 103 Å². The quantitative estimate of drug-likeness (QED) is 0.392. The number of aryl methyl sites for hydroxylation is 1. The Labute approximate surface area is 205 Å². The molecule has 5 nitrogen and oxygen atoms in total. The summed E-state index contributed by atoms with van der Waals surface area (Å²) in [5.74, 6) is 1.03. The van der Waals surface area contributed by atoms with E-state index < -0.39 is 10.8 Å². The fraction of sp³-hybridized carbons (Fsp3) is 0.724. The van der Waals surface area contributed by atoms with Crippen molar-refractivity contribution in [2.24, 2.45) is 22.2 Å². The molecule has 2 fully saturated rings. The van der Waals surface area contributed by atoms with Crippen molar-refractivity contribution in [2.75, 3.05) is 20.3 Å². The van der Waals surface area contributed by atoms with Crippen molar-refractivity contribution in [2.45, 2.75) is 91.9 Å². The second kappa shape index (κ2) is 8.65. The largest absolute Gasteiger partial charge is 0.426 e. The predicted molar refractivity (Wildman–Crippen MR) is 133 cm³/mol. The summed E-state index contributed by atoms with van der Waals surface area (Å²) in [7, 11) is 2.16. The Morgan fingerprint density at radius 3 is 2.38 bits per heavy atom. The van der Waals surface area contributed by atoms with E-state index in [1.807, 2.05) is 47.6 Å². The van der Waals surface area contributed by atoms with Crippen LogP contribution in [0, 0.1) is 22.2 Å². The molecule has 5 heteroatoms. The molecule has 3 aliphatic carbocycles. The van der Waals surface area contributed by atoms with Crippen LogP contribution >= 0.6 is 0 Å². The van der Waals surface area contributed by atoms with Crippen LogP contribution in [0.2, 0.25) is 0 Å². The van der Waals surface area contributed by atoms with Gasteiger partial charge in [-0.25, -0.2) is 0 Å². The summed E-state index contributed by atoms with van der Waals surface area (Å²) in [5, 5.41) is 0. The van der Waals surface area contributed by atoms with Crippen molar-refractivity contribution >= 4 is 11.9 Å². The van der Waals surface area contributed by atoms with Gasteiger partial charge in [0, 0.05) is 10.8 Å². The van der Waals surface area contributed by atoms with Gasteiger partial charge < -0.3 is 14.4 Å². The van der Waals surface area contributed by atoms with E-state index in [9.17, 15) is 9.59 Å². The van der Waals surface area contributed by atoms with E-state index in [1.54, 1.807) is 0 Å². The third-order valence-electron chi connectivity index (χ3n) is 8.48. The highest BCUT2D eigenvalue weighted by Crippen LogP contribution is 2.69. The van der Waals surface area contributed by atoms with Crippen molar-refractivity contribution in [1.29, 1.82) is 0 Å². The molecule has 2 unspecified atom stereocenters. The maximum atomic E-state index is 12.5. The van der Waals surface area contributed by atoms with E-state index in [0.29, 0.717) is 23.8 Å². The summed E-state index contributed by atoms with van der Waals surface area (Å²) in [5.41, 5.74) is 2.39. The molecule has 0 radical (unpaired) electrons. The standard InChI is InChI=1S/C29H43NO4/c1-26(2,3)24(31)33-19-30(7)18-28-14-8-9-15-29(17-28)22-16-21(34-25(32)27(4,5)6)12-10-20(22)11-13-23(28)29/h10,12,16,23H,8-9,11,13-15,17-19H2,1-7H3/p+1/t23-,28?,29+/m0/s1. The first-order chi connectivity index (χ1) is 15.8. The van der Waals surface area contributed by atoms with Crippen molar-refractivity contribution in [3.63, 3.8) is 0 Å². The van der Waals surface area contributed by atoms with Crippen LogP contribution in [0.4, 0.5) is 0 Å². The number of nitrogens with one attached hydrogen (secondary N) is 1. The third-order valence-corrected chi connectivity index (χ3v) is 8.48. The lowest BCUT2D eigenvalue weighted by Gasteiger charge is -2.64. The van der Waals surface area contributed by atoms with Crippen LogP contribution in [0.25, 0.3) is 0 Å². The summed E-state index contributed by atoms with van der Waals surface area (Å²) >= 11 is 0. The Morgan fingerprint density at radius 2 is 1.71 bits per heavy atom. The van der Waals surface area contributed by atoms with E-state index in [1.165, 1.54) is 54.6 Å². The summed E-state index contributed by atoms with van der Waals surface area (Å²) in [6.45, 7) is 12.9. The van der Waals surface area contributed by atoms with Crippen LogP contribution in [0.3, 0.4) is 0 Å². The van der Waals surface area contributed by atoms with Crippen molar-refractivity contribution < 1.29 is 24.0 Å². The summed E-state index contributed by atoms with van der Waals surface area (Å²) < 4.78 is 11.4. The Kier molecular flexibility index (Phi) is 6.42. The number of quaternary nitrogens is 1. The van der Waals surface area contributed by atoms with Crippen LogP contribution in [-0.4, -0.2) is 32.3 Å². The summed E-state index contributed by atoms with van der Waals surface area (Å²) in [6.07, 6.45) is 8.51. The molecule has 0 amide bonds. The minimum absolute atomic E-state index is 0.128. The summed E-state index contributed by atoms with van der Waals surface area (Å²) in [6, 6.07) is 6.35. The molecule has 34 heavy (non-hydrogen) atoms. The zero-order valence-electron chi connectivity index (χ0n) is 22.3. The molecule has 1 spiro atoms. The SMILES string of the molecule is C[NH+](COC(=O)C(C)(C)C)CC12CCCC[C@@]3(C1)c1cc(OC(=O)C(C)(C)C)ccc1CC[C@@H]23. The molecule has 3 aliphatic rings. The van der Waals surface area contributed by atoms with Gasteiger partial charge in [0.15, 0.2) is 0 Å². The lowest BCUT2D eigenvalue weighted by atomic mass is 9.39. The summed E-state index contributed by atoms with van der Waals surface area (Å²) in [4.78, 5) is 26.1. The highest BCUT2D eigenvalue weighted by Gasteiger charge is 2.66. The molecular formula is C29H44NO4+. The van der Waals surface area contributed by atoms with E-state index in [4.69, 9.17) is 9.47 Å². The van der Waals surface area contributed by atoms with Gasteiger partial charge in [-0.3, -0.25) is 9.59 Å². The van der Waals surface area contributed by atoms with Gasteiger partial charge in [0.25, 0.3) is 0 Å². The molecule has 1 aromatic rings. The van der Waals surface area contributed by atoms with Gasteiger partial charge in [-0.2, -0.15) is 0 Å². The number of rotatable bonds is 5. The first-order valence-electron chi connectivity index (χ1n) is 13.1. The second-order valence-corrected chi connectivity index (χ2v) is 13.4. The first-order valence-corrected chi connectivity index (χ1v) is 13.1. The van der Waals surface area contributed by atoms with Crippen LogP contribution in [0.5, 0.6) is 5.75 Å². The molecule has 2 saturated carbocycles. The number of carbonyl (C=O) groups is 2. The average Bonchev–Trinajstić information content (AvgIpc) is 3.01. The maximum absolute atomic E-state index is 12.5. The monoisotopic (exact) mass is 470 g/mol. The Bertz CT molecular complexity index is 956. The van der Waals surface area contributed by atoms with Gasteiger partial charge >= 0.3 is 11.9 Å². The van der Waals surface area contributed by atoms with Crippen LogP contribution < -0.4 is 9.64 Å². The lowest BCUT2D eigenvalue weighted by Crippen LogP contribution is -3.11. The minimum atomic E-state index is -0.519. The van der Waals surface area contributed by atoms with Crippen molar-refractivity contribution in [3.05, 3.63) is 29.3 Å². The van der Waals surface area contributed by atoms with Gasteiger partial charge in [-0.1, -0.05) is 18.9 Å². The van der Waals surface area contributed by atoms with E-state index in [-0.39, 0.29) is 17.4 Å². The number of esters is 2.